The van der Waals surface area contributed by atoms with Crippen LogP contribution >= 0.6 is 0 Å². The number of ketones is 2. The summed E-state index contributed by atoms with van der Waals surface area (Å²) in [5, 5.41) is 9.43. The number of hydrogen-bond acceptors (Lipinski definition) is 4. The molecular weight excluding hydrogens is 220 g/mol. The van der Waals surface area contributed by atoms with Gasteiger partial charge in [0.1, 0.15) is 5.75 Å². The SMILES string of the molecule is CCCCOc1cccc2c1C(=O)C(O)C2=O. The highest BCUT2D eigenvalue weighted by atomic mass is 16.5. The van der Waals surface area contributed by atoms with Crippen LogP contribution in [-0.4, -0.2) is 29.4 Å². The first kappa shape index (κ1) is 11.8. The smallest absolute Gasteiger partial charge is 0.203 e. The van der Waals surface area contributed by atoms with Crippen molar-refractivity contribution in [1.82, 2.24) is 0 Å². The molecule has 4 heteroatoms. The van der Waals surface area contributed by atoms with E-state index in [9.17, 15) is 14.7 Å². The molecule has 1 aliphatic carbocycles. The minimum Gasteiger partial charge on any atom is -0.493 e. The Morgan fingerprint density at radius 3 is 2.76 bits per heavy atom. The maximum Gasteiger partial charge on any atom is 0.203 e. The molecule has 0 bridgehead atoms. The predicted molar refractivity (Wildman–Crippen MR) is 61.5 cm³/mol. The number of aliphatic hydroxyl groups excluding tert-OH is 1. The molecule has 0 fully saturated rings. The van der Waals surface area contributed by atoms with Gasteiger partial charge in [-0.1, -0.05) is 25.5 Å². The molecule has 1 atom stereocenters. The molecule has 0 aliphatic heterocycles. The lowest BCUT2D eigenvalue weighted by Gasteiger charge is -2.08. The lowest BCUT2D eigenvalue weighted by Crippen LogP contribution is -2.20. The van der Waals surface area contributed by atoms with Crippen molar-refractivity contribution in [2.24, 2.45) is 0 Å². The molecule has 2 rings (SSSR count). The van der Waals surface area contributed by atoms with Gasteiger partial charge >= 0.3 is 0 Å². The summed E-state index contributed by atoms with van der Waals surface area (Å²) in [6.45, 7) is 2.54. The fraction of sp³-hybridized carbons (Fsp3) is 0.385. The Morgan fingerprint density at radius 1 is 1.29 bits per heavy atom. The van der Waals surface area contributed by atoms with Crippen LogP contribution in [0.15, 0.2) is 18.2 Å². The Balaban J connectivity index is 2.32. The largest absolute Gasteiger partial charge is 0.493 e. The maximum absolute atomic E-state index is 11.7. The van der Waals surface area contributed by atoms with Gasteiger partial charge in [-0.05, 0) is 12.5 Å². The molecule has 0 spiro atoms. The Labute approximate surface area is 99.2 Å². The van der Waals surface area contributed by atoms with Crippen LogP contribution in [0.4, 0.5) is 0 Å². The monoisotopic (exact) mass is 234 g/mol. The van der Waals surface area contributed by atoms with E-state index in [2.05, 4.69) is 0 Å². The molecule has 0 heterocycles. The van der Waals surface area contributed by atoms with Crippen molar-refractivity contribution >= 4 is 11.6 Å². The second-order valence-corrected chi connectivity index (χ2v) is 4.01. The van der Waals surface area contributed by atoms with Crippen LogP contribution < -0.4 is 4.74 Å². The van der Waals surface area contributed by atoms with Crippen LogP contribution in [0.1, 0.15) is 40.5 Å². The third-order valence-corrected chi connectivity index (χ3v) is 2.79. The van der Waals surface area contributed by atoms with Gasteiger partial charge in [-0.15, -0.1) is 0 Å². The number of carbonyl (C=O) groups is 2. The van der Waals surface area contributed by atoms with Gasteiger partial charge in [-0.3, -0.25) is 9.59 Å². The predicted octanol–water partition coefficient (Wildman–Crippen LogP) is 1.61. The van der Waals surface area contributed by atoms with Gasteiger partial charge in [-0.25, -0.2) is 0 Å². The van der Waals surface area contributed by atoms with Crippen molar-refractivity contribution in [3.8, 4) is 5.75 Å². The maximum atomic E-state index is 11.7. The van der Waals surface area contributed by atoms with E-state index in [4.69, 9.17) is 4.74 Å². The Bertz CT molecular complexity index is 464. The van der Waals surface area contributed by atoms with Gasteiger partial charge in [-0.2, -0.15) is 0 Å². The molecule has 0 amide bonds. The summed E-state index contributed by atoms with van der Waals surface area (Å²) in [5.74, 6) is -0.700. The number of rotatable bonds is 4. The van der Waals surface area contributed by atoms with E-state index in [1.54, 1.807) is 18.2 Å². The van der Waals surface area contributed by atoms with Crippen molar-refractivity contribution in [2.45, 2.75) is 25.9 Å². The highest BCUT2D eigenvalue weighted by molar-refractivity contribution is 6.29. The molecule has 1 unspecified atom stereocenters. The number of Topliss-reactive ketones (excluding diaryl/α,β-unsaturated/α-hetero) is 2. The topological polar surface area (TPSA) is 63.6 Å². The molecule has 1 aliphatic rings. The quantitative estimate of drug-likeness (QED) is 0.635. The van der Waals surface area contributed by atoms with E-state index in [0.717, 1.165) is 12.8 Å². The normalized spacial score (nSPS) is 18.4. The average Bonchev–Trinajstić information content (AvgIpc) is 2.56. The van der Waals surface area contributed by atoms with Crippen molar-refractivity contribution in [1.29, 1.82) is 0 Å². The molecule has 0 saturated carbocycles. The summed E-state index contributed by atoms with van der Waals surface area (Å²) in [5.41, 5.74) is 0.484. The van der Waals surface area contributed by atoms with Crippen LogP contribution in [0.2, 0.25) is 0 Å². The lowest BCUT2D eigenvalue weighted by atomic mass is 10.1. The first-order chi connectivity index (χ1) is 8.16. The van der Waals surface area contributed by atoms with Gasteiger partial charge in [0.25, 0.3) is 0 Å². The molecule has 17 heavy (non-hydrogen) atoms. The molecule has 0 radical (unpaired) electrons. The number of carbonyl (C=O) groups excluding carboxylic acids is 2. The minimum atomic E-state index is -1.55. The highest BCUT2D eigenvalue weighted by Gasteiger charge is 2.39. The first-order valence-corrected chi connectivity index (χ1v) is 5.69. The molecule has 0 aromatic heterocycles. The summed E-state index contributed by atoms with van der Waals surface area (Å²) in [7, 11) is 0. The van der Waals surface area contributed by atoms with Crippen molar-refractivity contribution in [3.63, 3.8) is 0 Å². The minimum absolute atomic E-state index is 0.223. The molecular formula is C13H14O4. The summed E-state index contributed by atoms with van der Waals surface area (Å²) in [4.78, 5) is 23.3. The summed E-state index contributed by atoms with van der Waals surface area (Å²) < 4.78 is 5.47. The second-order valence-electron chi connectivity index (χ2n) is 4.01. The molecule has 4 nitrogen and oxygen atoms in total. The van der Waals surface area contributed by atoms with Crippen molar-refractivity contribution in [2.75, 3.05) is 6.61 Å². The third-order valence-electron chi connectivity index (χ3n) is 2.79. The molecule has 1 aromatic carbocycles. The van der Waals surface area contributed by atoms with Crippen LogP contribution in [-0.2, 0) is 0 Å². The zero-order chi connectivity index (χ0) is 12.4. The van der Waals surface area contributed by atoms with E-state index in [1.165, 1.54) is 0 Å². The summed E-state index contributed by atoms with van der Waals surface area (Å²) in [6.07, 6.45) is 0.319. The van der Waals surface area contributed by atoms with Crippen molar-refractivity contribution in [3.05, 3.63) is 29.3 Å². The van der Waals surface area contributed by atoms with Crippen LogP contribution in [0.3, 0.4) is 0 Å². The number of ether oxygens (including phenoxy) is 1. The Kier molecular flexibility index (Phi) is 3.24. The van der Waals surface area contributed by atoms with Gasteiger partial charge in [0, 0.05) is 5.56 Å². The lowest BCUT2D eigenvalue weighted by molar-refractivity contribution is 0.0662. The van der Waals surface area contributed by atoms with Crippen LogP contribution in [0.5, 0.6) is 5.75 Å². The van der Waals surface area contributed by atoms with E-state index < -0.39 is 17.7 Å². The zero-order valence-corrected chi connectivity index (χ0v) is 9.60. The number of aliphatic hydroxyl groups is 1. The first-order valence-electron chi connectivity index (χ1n) is 5.69. The standard InChI is InChI=1S/C13H14O4/c1-2-3-7-17-9-6-4-5-8-10(9)12(15)13(16)11(8)14/h4-6,13,16H,2-3,7H2,1H3. The number of hydrogen-bond donors (Lipinski definition) is 1. The van der Waals surface area contributed by atoms with Gasteiger partial charge < -0.3 is 9.84 Å². The van der Waals surface area contributed by atoms with Crippen LogP contribution in [0.25, 0.3) is 0 Å². The van der Waals surface area contributed by atoms with E-state index in [1.807, 2.05) is 6.92 Å². The molecule has 90 valence electrons. The fourth-order valence-electron chi connectivity index (χ4n) is 1.84. The fourth-order valence-corrected chi connectivity index (χ4v) is 1.84. The second kappa shape index (κ2) is 4.67. The summed E-state index contributed by atoms with van der Waals surface area (Å²) >= 11 is 0. The highest BCUT2D eigenvalue weighted by Crippen LogP contribution is 2.30. The Morgan fingerprint density at radius 2 is 2.06 bits per heavy atom. The van der Waals surface area contributed by atoms with Gasteiger partial charge in [0.2, 0.25) is 5.78 Å². The number of fused-ring (bicyclic) bond motifs is 1. The van der Waals surface area contributed by atoms with Crippen molar-refractivity contribution < 1.29 is 19.4 Å². The number of unbranched alkanes of at least 4 members (excludes halogenated alkanes) is 1. The molecule has 0 saturated heterocycles. The van der Waals surface area contributed by atoms with E-state index in [-0.39, 0.29) is 11.1 Å². The van der Waals surface area contributed by atoms with E-state index in [0.29, 0.717) is 12.4 Å². The third kappa shape index (κ3) is 1.96. The summed E-state index contributed by atoms with van der Waals surface area (Å²) in [6, 6.07) is 4.85. The average molecular weight is 234 g/mol. The molecule has 1 aromatic rings. The zero-order valence-electron chi connectivity index (χ0n) is 9.60. The van der Waals surface area contributed by atoms with E-state index >= 15 is 0 Å². The van der Waals surface area contributed by atoms with Gasteiger partial charge in [0.05, 0.1) is 12.2 Å². The van der Waals surface area contributed by atoms with Crippen LogP contribution in [0, 0.1) is 0 Å². The van der Waals surface area contributed by atoms with Gasteiger partial charge in [0.15, 0.2) is 11.9 Å². The number of benzene rings is 1. The molecule has 1 N–H and O–H groups in total. The Hall–Kier alpha value is -1.68.